The van der Waals surface area contributed by atoms with Gasteiger partial charge >= 0.3 is 0 Å². The Labute approximate surface area is 81.7 Å². The van der Waals surface area contributed by atoms with Crippen LogP contribution in [0.4, 0.5) is 0 Å². The maximum atomic E-state index is 2.43. The Morgan fingerprint density at radius 3 is 2.54 bits per heavy atom. The molecule has 13 heavy (non-hydrogen) atoms. The van der Waals surface area contributed by atoms with Crippen LogP contribution in [0.15, 0.2) is 23.8 Å². The van der Waals surface area contributed by atoms with Crippen molar-refractivity contribution in [3.63, 3.8) is 0 Å². The van der Waals surface area contributed by atoms with E-state index in [1.165, 1.54) is 32.1 Å². The van der Waals surface area contributed by atoms with Crippen LogP contribution in [-0.2, 0) is 0 Å². The van der Waals surface area contributed by atoms with E-state index in [4.69, 9.17) is 0 Å². The van der Waals surface area contributed by atoms with Gasteiger partial charge in [-0.05, 0) is 43.4 Å². The van der Waals surface area contributed by atoms with Gasteiger partial charge < -0.3 is 0 Å². The fourth-order valence-corrected chi connectivity index (χ4v) is 2.32. The van der Waals surface area contributed by atoms with Gasteiger partial charge in [-0.2, -0.15) is 0 Å². The van der Waals surface area contributed by atoms with Crippen LogP contribution in [0.1, 0.15) is 46.0 Å². The largest absolute Gasteiger partial charge is 0.0840 e. The van der Waals surface area contributed by atoms with Crippen LogP contribution in [0.5, 0.6) is 0 Å². The predicted molar refractivity (Wildman–Crippen MR) is 57.6 cm³/mol. The molecule has 0 saturated heterocycles. The number of hydrogen-bond donors (Lipinski definition) is 0. The molecule has 0 aromatic carbocycles. The summed E-state index contributed by atoms with van der Waals surface area (Å²) < 4.78 is 0. The van der Waals surface area contributed by atoms with Crippen molar-refractivity contribution in [3.8, 4) is 0 Å². The van der Waals surface area contributed by atoms with Crippen molar-refractivity contribution in [3.05, 3.63) is 23.8 Å². The van der Waals surface area contributed by atoms with E-state index in [2.05, 4.69) is 32.1 Å². The molecule has 0 unspecified atom stereocenters. The molecule has 1 saturated carbocycles. The van der Waals surface area contributed by atoms with E-state index in [9.17, 15) is 0 Å². The number of allylic oxidation sites excluding steroid dienone is 4. The van der Waals surface area contributed by atoms with Crippen LogP contribution in [0.2, 0.25) is 0 Å². The lowest BCUT2D eigenvalue weighted by molar-refractivity contribution is 0.358. The summed E-state index contributed by atoms with van der Waals surface area (Å²) in [5.41, 5.74) is 2.28. The lowest BCUT2D eigenvalue weighted by Gasteiger charge is -2.21. The predicted octanol–water partition coefficient (Wildman–Crippen LogP) is 4.09. The maximum Gasteiger partial charge on any atom is -0.0223 e. The Balaban J connectivity index is 1.97. The number of hydrogen-bond acceptors (Lipinski definition) is 0. The molecule has 2 aliphatic carbocycles. The Kier molecular flexibility index (Phi) is 2.31. The summed E-state index contributed by atoms with van der Waals surface area (Å²) >= 11 is 0. The highest BCUT2D eigenvalue weighted by Gasteiger charge is 2.45. The molecule has 0 aliphatic heterocycles. The first-order valence-electron chi connectivity index (χ1n) is 5.58. The van der Waals surface area contributed by atoms with Crippen LogP contribution in [-0.4, -0.2) is 0 Å². The Morgan fingerprint density at radius 1 is 1.31 bits per heavy atom. The molecular weight excluding hydrogens is 156 g/mol. The first-order valence-corrected chi connectivity index (χ1v) is 5.58. The van der Waals surface area contributed by atoms with E-state index in [0.717, 1.165) is 5.92 Å². The topological polar surface area (TPSA) is 0 Å². The molecule has 0 bridgehead atoms. The minimum atomic E-state index is 0.688. The van der Waals surface area contributed by atoms with Crippen molar-refractivity contribution in [2.24, 2.45) is 11.3 Å². The van der Waals surface area contributed by atoms with Crippen LogP contribution in [0.25, 0.3) is 0 Å². The lowest BCUT2D eigenvalue weighted by Crippen LogP contribution is -2.10. The molecule has 0 heterocycles. The highest BCUT2D eigenvalue weighted by atomic mass is 14.5. The van der Waals surface area contributed by atoms with Gasteiger partial charge in [0.25, 0.3) is 0 Å². The summed E-state index contributed by atoms with van der Waals surface area (Å²) in [6.45, 7) is 4.75. The second-order valence-corrected chi connectivity index (χ2v) is 4.95. The van der Waals surface area contributed by atoms with Gasteiger partial charge in [-0.15, -0.1) is 0 Å². The van der Waals surface area contributed by atoms with E-state index in [0.29, 0.717) is 5.41 Å². The van der Waals surface area contributed by atoms with Crippen LogP contribution in [0, 0.1) is 11.3 Å². The van der Waals surface area contributed by atoms with E-state index >= 15 is 0 Å². The van der Waals surface area contributed by atoms with Gasteiger partial charge in [0.05, 0.1) is 0 Å². The molecule has 0 aromatic rings. The van der Waals surface area contributed by atoms with Gasteiger partial charge in [0.1, 0.15) is 0 Å². The fraction of sp³-hybridized carbons (Fsp3) is 0.692. The normalized spacial score (nSPS) is 24.7. The average molecular weight is 176 g/mol. The Bertz CT molecular complexity index is 239. The summed E-state index contributed by atoms with van der Waals surface area (Å²) in [4.78, 5) is 0. The van der Waals surface area contributed by atoms with Crippen LogP contribution < -0.4 is 0 Å². The minimum absolute atomic E-state index is 0.688. The summed E-state index contributed by atoms with van der Waals surface area (Å²) in [6.07, 6.45) is 13.9. The van der Waals surface area contributed by atoms with Gasteiger partial charge in [0, 0.05) is 0 Å². The summed E-state index contributed by atoms with van der Waals surface area (Å²) in [7, 11) is 0. The zero-order chi connectivity index (χ0) is 9.31. The van der Waals surface area contributed by atoms with Gasteiger partial charge in [0.2, 0.25) is 0 Å². The zero-order valence-corrected chi connectivity index (χ0v) is 8.84. The van der Waals surface area contributed by atoms with Gasteiger partial charge in [0.15, 0.2) is 0 Å². The van der Waals surface area contributed by atoms with E-state index < -0.39 is 0 Å². The van der Waals surface area contributed by atoms with Crippen molar-refractivity contribution < 1.29 is 0 Å². The highest BCUT2D eigenvalue weighted by molar-refractivity contribution is 5.25. The molecular formula is C13H20. The lowest BCUT2D eigenvalue weighted by atomic mass is 9.84. The van der Waals surface area contributed by atoms with Gasteiger partial charge in [-0.1, -0.05) is 37.6 Å². The SMILES string of the molecule is CC(C)C1(CC2=CCCC=C2)CC1. The molecule has 0 radical (unpaired) electrons. The molecule has 1 fully saturated rings. The monoisotopic (exact) mass is 176 g/mol. The third-order valence-electron chi connectivity index (χ3n) is 3.74. The molecule has 0 amide bonds. The minimum Gasteiger partial charge on any atom is -0.0840 e. The zero-order valence-electron chi connectivity index (χ0n) is 8.84. The van der Waals surface area contributed by atoms with Crippen molar-refractivity contribution in [2.75, 3.05) is 0 Å². The van der Waals surface area contributed by atoms with Gasteiger partial charge in [-0.25, -0.2) is 0 Å². The Hall–Kier alpha value is -0.520. The summed E-state index contributed by atoms with van der Waals surface area (Å²) in [5.74, 6) is 0.865. The second kappa shape index (κ2) is 3.32. The first-order chi connectivity index (χ1) is 6.23. The number of rotatable bonds is 3. The Morgan fingerprint density at radius 2 is 2.08 bits per heavy atom. The van der Waals surface area contributed by atoms with Crippen molar-refractivity contribution in [1.82, 2.24) is 0 Å². The third kappa shape index (κ3) is 1.87. The summed E-state index contributed by atoms with van der Waals surface area (Å²) in [6, 6.07) is 0. The molecule has 72 valence electrons. The highest BCUT2D eigenvalue weighted by Crippen LogP contribution is 2.56. The fourth-order valence-electron chi connectivity index (χ4n) is 2.32. The smallest absolute Gasteiger partial charge is 0.0223 e. The average Bonchev–Trinajstić information content (AvgIpc) is 2.87. The van der Waals surface area contributed by atoms with Crippen molar-refractivity contribution >= 4 is 0 Å². The third-order valence-corrected chi connectivity index (χ3v) is 3.74. The van der Waals surface area contributed by atoms with Crippen LogP contribution >= 0.6 is 0 Å². The van der Waals surface area contributed by atoms with E-state index in [-0.39, 0.29) is 0 Å². The van der Waals surface area contributed by atoms with Crippen LogP contribution in [0.3, 0.4) is 0 Å². The molecule has 0 aromatic heterocycles. The summed E-state index contributed by atoms with van der Waals surface area (Å²) in [5, 5.41) is 0. The first kappa shape index (κ1) is 9.05. The molecule has 0 N–H and O–H groups in total. The second-order valence-electron chi connectivity index (χ2n) is 4.95. The maximum absolute atomic E-state index is 2.43. The molecule has 0 heteroatoms. The van der Waals surface area contributed by atoms with E-state index in [1.54, 1.807) is 5.57 Å². The molecule has 2 aliphatic rings. The molecule has 0 atom stereocenters. The van der Waals surface area contributed by atoms with Gasteiger partial charge in [-0.3, -0.25) is 0 Å². The molecule has 2 rings (SSSR count). The quantitative estimate of drug-likeness (QED) is 0.607. The molecule has 0 nitrogen and oxygen atoms in total. The van der Waals surface area contributed by atoms with Crippen molar-refractivity contribution in [2.45, 2.75) is 46.0 Å². The molecule has 0 spiro atoms. The van der Waals surface area contributed by atoms with E-state index in [1.807, 2.05) is 0 Å². The van der Waals surface area contributed by atoms with Crippen molar-refractivity contribution in [1.29, 1.82) is 0 Å². The standard InChI is InChI=1S/C13H20/c1-11(2)13(8-9-13)10-12-6-4-3-5-7-12/h4,6-7,11H,3,5,8-10H2,1-2H3.